The molecule has 0 unspecified atom stereocenters. The van der Waals surface area contributed by atoms with Crippen molar-refractivity contribution in [3.05, 3.63) is 52.4 Å². The Morgan fingerprint density at radius 3 is 2.72 bits per heavy atom. The zero-order valence-electron chi connectivity index (χ0n) is 14.4. The van der Waals surface area contributed by atoms with Gasteiger partial charge < -0.3 is 15.0 Å². The van der Waals surface area contributed by atoms with E-state index in [9.17, 15) is 9.59 Å². The van der Waals surface area contributed by atoms with E-state index < -0.39 is 0 Å². The Hall–Kier alpha value is -2.83. The van der Waals surface area contributed by atoms with Crippen LogP contribution >= 0.6 is 0 Å². The van der Waals surface area contributed by atoms with Crippen molar-refractivity contribution in [3.8, 4) is 5.75 Å². The molecule has 1 aromatic carbocycles. The molecule has 1 saturated heterocycles. The average molecular weight is 342 g/mol. The fourth-order valence-corrected chi connectivity index (χ4v) is 2.95. The minimum Gasteiger partial charge on any atom is -0.497 e. The van der Waals surface area contributed by atoms with E-state index in [4.69, 9.17) is 4.74 Å². The third-order valence-electron chi connectivity index (χ3n) is 4.48. The van der Waals surface area contributed by atoms with Crippen LogP contribution in [0.3, 0.4) is 0 Å². The van der Waals surface area contributed by atoms with E-state index >= 15 is 0 Å². The third-order valence-corrected chi connectivity index (χ3v) is 4.48. The van der Waals surface area contributed by atoms with Crippen molar-refractivity contribution in [2.24, 2.45) is 7.05 Å². The Bertz CT molecular complexity index is 810. The summed E-state index contributed by atoms with van der Waals surface area (Å²) >= 11 is 0. The van der Waals surface area contributed by atoms with Gasteiger partial charge in [0.25, 0.3) is 11.5 Å². The first-order chi connectivity index (χ1) is 12.1. The predicted molar refractivity (Wildman–Crippen MR) is 95.2 cm³/mol. The summed E-state index contributed by atoms with van der Waals surface area (Å²) in [5, 5.41) is 7.13. The molecule has 25 heavy (non-hydrogen) atoms. The summed E-state index contributed by atoms with van der Waals surface area (Å²) < 4.78 is 6.47. The topological polar surface area (TPSA) is 76.5 Å². The highest BCUT2D eigenvalue weighted by Crippen LogP contribution is 2.18. The molecule has 7 heteroatoms. The minimum absolute atomic E-state index is 0.0902. The van der Waals surface area contributed by atoms with Gasteiger partial charge in [0, 0.05) is 37.8 Å². The minimum atomic E-state index is -0.119. The Morgan fingerprint density at radius 2 is 2.04 bits per heavy atom. The van der Waals surface area contributed by atoms with Crippen LogP contribution < -0.4 is 20.5 Å². The first-order valence-corrected chi connectivity index (χ1v) is 8.30. The smallest absolute Gasteiger partial charge is 0.268 e. The van der Waals surface area contributed by atoms with Gasteiger partial charge in [-0.05, 0) is 31.0 Å². The number of carbonyl (C=O) groups excluding carboxylic acids is 1. The fraction of sp³-hybridized carbons (Fsp3) is 0.389. The number of piperidine rings is 1. The van der Waals surface area contributed by atoms with E-state index in [2.05, 4.69) is 15.3 Å². The highest BCUT2D eigenvalue weighted by Gasteiger charge is 2.22. The molecule has 0 aliphatic carbocycles. The van der Waals surface area contributed by atoms with Crippen molar-refractivity contribution in [2.45, 2.75) is 18.9 Å². The molecular weight excluding hydrogens is 320 g/mol. The van der Waals surface area contributed by atoms with E-state index in [1.807, 2.05) is 6.07 Å². The quantitative estimate of drug-likeness (QED) is 0.903. The molecule has 1 N–H and O–H groups in total. The average Bonchev–Trinajstić information content (AvgIpc) is 2.64. The van der Waals surface area contributed by atoms with E-state index in [0.717, 1.165) is 31.6 Å². The van der Waals surface area contributed by atoms with Crippen LogP contribution in [-0.2, 0) is 7.05 Å². The molecule has 1 fully saturated rings. The Morgan fingerprint density at radius 1 is 1.28 bits per heavy atom. The second-order valence-electron chi connectivity index (χ2n) is 6.14. The van der Waals surface area contributed by atoms with E-state index in [1.165, 1.54) is 4.68 Å². The number of carbonyl (C=O) groups is 1. The number of nitrogens with one attached hydrogen (secondary N) is 1. The third kappa shape index (κ3) is 3.99. The van der Waals surface area contributed by atoms with Gasteiger partial charge in [0.2, 0.25) is 0 Å². The van der Waals surface area contributed by atoms with E-state index in [-0.39, 0.29) is 17.5 Å². The number of benzene rings is 1. The van der Waals surface area contributed by atoms with Crippen LogP contribution in [0.15, 0.2) is 41.3 Å². The van der Waals surface area contributed by atoms with Crippen molar-refractivity contribution in [1.29, 1.82) is 0 Å². The molecule has 0 bridgehead atoms. The maximum Gasteiger partial charge on any atom is 0.268 e. The lowest BCUT2D eigenvalue weighted by Crippen LogP contribution is -2.45. The molecule has 3 rings (SSSR count). The molecule has 1 aliphatic heterocycles. The van der Waals surface area contributed by atoms with Gasteiger partial charge in [-0.1, -0.05) is 6.07 Å². The van der Waals surface area contributed by atoms with Crippen LogP contribution in [0.5, 0.6) is 5.75 Å². The van der Waals surface area contributed by atoms with Gasteiger partial charge in [-0.25, -0.2) is 4.68 Å². The van der Waals surface area contributed by atoms with Crippen LogP contribution in [0.1, 0.15) is 23.2 Å². The lowest BCUT2D eigenvalue weighted by Gasteiger charge is -2.33. The zero-order valence-corrected chi connectivity index (χ0v) is 14.4. The van der Waals surface area contributed by atoms with Crippen molar-refractivity contribution < 1.29 is 9.53 Å². The SMILES string of the molecule is COc1cccc(C(=O)NC2CCN(c3cnn(C)c(=O)c3)CC2)c1. The van der Waals surface area contributed by atoms with Crippen molar-refractivity contribution >= 4 is 11.6 Å². The fourth-order valence-electron chi connectivity index (χ4n) is 2.95. The van der Waals surface area contributed by atoms with Gasteiger partial charge in [-0.2, -0.15) is 5.10 Å². The number of ether oxygens (including phenoxy) is 1. The maximum absolute atomic E-state index is 12.4. The number of anilines is 1. The number of methoxy groups -OCH3 is 1. The molecule has 7 nitrogen and oxygen atoms in total. The van der Waals surface area contributed by atoms with Crippen LogP contribution in [0, 0.1) is 0 Å². The van der Waals surface area contributed by atoms with Crippen molar-refractivity contribution in [2.75, 3.05) is 25.1 Å². The number of nitrogens with zero attached hydrogens (tertiary/aromatic N) is 3. The second-order valence-corrected chi connectivity index (χ2v) is 6.14. The van der Waals surface area contributed by atoms with Gasteiger partial charge in [-0.3, -0.25) is 9.59 Å². The molecule has 2 aromatic rings. The number of rotatable bonds is 4. The first-order valence-electron chi connectivity index (χ1n) is 8.30. The van der Waals surface area contributed by atoms with Crippen LogP contribution in [0.25, 0.3) is 0 Å². The zero-order chi connectivity index (χ0) is 17.8. The standard InChI is InChI=1S/C18H22N4O3/c1-21-17(23)11-15(12-19-21)22-8-6-14(7-9-22)20-18(24)13-4-3-5-16(10-13)25-2/h3-5,10-12,14H,6-9H2,1-2H3,(H,20,24). The lowest BCUT2D eigenvalue weighted by atomic mass is 10.0. The molecule has 0 spiro atoms. The molecule has 1 amide bonds. The maximum atomic E-state index is 12.4. The van der Waals surface area contributed by atoms with Gasteiger partial charge in [0.15, 0.2) is 0 Å². The summed E-state index contributed by atoms with van der Waals surface area (Å²) in [4.78, 5) is 26.2. The second kappa shape index (κ2) is 7.38. The molecule has 1 aliphatic rings. The largest absolute Gasteiger partial charge is 0.497 e. The summed E-state index contributed by atoms with van der Waals surface area (Å²) in [5.74, 6) is 0.577. The van der Waals surface area contributed by atoms with Crippen LogP contribution in [0.4, 0.5) is 5.69 Å². The number of hydrogen-bond acceptors (Lipinski definition) is 5. The van der Waals surface area contributed by atoms with Crippen molar-refractivity contribution in [3.63, 3.8) is 0 Å². The Labute approximate surface area is 146 Å². The summed E-state index contributed by atoms with van der Waals surface area (Å²) in [6, 6.07) is 8.85. The molecule has 0 radical (unpaired) electrons. The molecule has 0 atom stereocenters. The number of aromatic nitrogens is 2. The van der Waals surface area contributed by atoms with Gasteiger partial charge >= 0.3 is 0 Å². The Balaban J connectivity index is 1.57. The van der Waals surface area contributed by atoms with E-state index in [1.54, 1.807) is 44.6 Å². The lowest BCUT2D eigenvalue weighted by molar-refractivity contribution is 0.0930. The van der Waals surface area contributed by atoms with Crippen molar-refractivity contribution in [1.82, 2.24) is 15.1 Å². The summed E-state index contributed by atoms with van der Waals surface area (Å²) in [5.41, 5.74) is 1.31. The molecule has 0 saturated carbocycles. The first kappa shape index (κ1) is 17.0. The normalized spacial score (nSPS) is 15.0. The summed E-state index contributed by atoms with van der Waals surface area (Å²) in [7, 11) is 3.21. The number of hydrogen-bond donors (Lipinski definition) is 1. The number of amides is 1. The van der Waals surface area contributed by atoms with Crippen LogP contribution in [-0.4, -0.2) is 41.9 Å². The molecule has 1 aromatic heterocycles. The molecular formula is C18H22N4O3. The van der Waals surface area contributed by atoms with Gasteiger partial charge in [0.05, 0.1) is 19.0 Å². The monoisotopic (exact) mass is 342 g/mol. The number of aryl methyl sites for hydroxylation is 1. The summed E-state index contributed by atoms with van der Waals surface area (Å²) in [6.45, 7) is 1.55. The van der Waals surface area contributed by atoms with E-state index in [0.29, 0.717) is 11.3 Å². The Kier molecular flexibility index (Phi) is 5.02. The van der Waals surface area contributed by atoms with Gasteiger partial charge in [-0.15, -0.1) is 0 Å². The predicted octanol–water partition coefficient (Wildman–Crippen LogP) is 1.19. The van der Waals surface area contributed by atoms with Crippen LogP contribution in [0.2, 0.25) is 0 Å². The van der Waals surface area contributed by atoms with Gasteiger partial charge in [0.1, 0.15) is 5.75 Å². The summed E-state index contributed by atoms with van der Waals surface area (Å²) in [6.07, 6.45) is 3.35. The highest BCUT2D eigenvalue weighted by molar-refractivity contribution is 5.94. The molecule has 132 valence electrons. The molecule has 2 heterocycles. The highest BCUT2D eigenvalue weighted by atomic mass is 16.5.